The number of rotatable bonds is 7. The maximum absolute atomic E-state index is 6.13. The SMILES string of the molecule is CCCNC(CCc1ccsc1)c1ccc(Cl)c(C)c1. The highest BCUT2D eigenvalue weighted by atomic mass is 35.5. The molecular weight excluding hydrogens is 286 g/mol. The van der Waals surface area contributed by atoms with Crippen LogP contribution in [0.5, 0.6) is 0 Å². The normalized spacial score (nSPS) is 12.6. The standard InChI is InChI=1S/C17H22ClNS/c1-3-9-19-17(7-4-14-8-10-20-12-14)15-5-6-16(18)13(2)11-15/h5-6,8,10-12,17,19H,3-4,7,9H2,1-2H3. The van der Waals surface area contributed by atoms with Crippen LogP contribution in [0.2, 0.25) is 5.02 Å². The van der Waals surface area contributed by atoms with Crippen LogP contribution in [-0.4, -0.2) is 6.54 Å². The Bertz CT molecular complexity index is 522. The highest BCUT2D eigenvalue weighted by Crippen LogP contribution is 2.24. The predicted molar refractivity (Wildman–Crippen MR) is 89.9 cm³/mol. The largest absolute Gasteiger partial charge is 0.310 e. The first-order valence-electron chi connectivity index (χ1n) is 7.21. The van der Waals surface area contributed by atoms with Gasteiger partial charge in [-0.15, -0.1) is 0 Å². The Morgan fingerprint density at radius 2 is 2.15 bits per heavy atom. The number of nitrogens with one attached hydrogen (secondary N) is 1. The van der Waals surface area contributed by atoms with Crippen LogP contribution in [0.4, 0.5) is 0 Å². The Morgan fingerprint density at radius 3 is 2.80 bits per heavy atom. The Kier molecular flexibility index (Phi) is 6.08. The van der Waals surface area contributed by atoms with Crippen molar-refractivity contribution in [2.75, 3.05) is 6.54 Å². The number of halogens is 1. The fourth-order valence-corrected chi connectivity index (χ4v) is 3.16. The second kappa shape index (κ2) is 7.82. The van der Waals surface area contributed by atoms with Gasteiger partial charge in [0.25, 0.3) is 0 Å². The molecule has 0 saturated heterocycles. The topological polar surface area (TPSA) is 12.0 Å². The fraction of sp³-hybridized carbons (Fsp3) is 0.412. The second-order valence-corrected chi connectivity index (χ2v) is 6.37. The fourth-order valence-electron chi connectivity index (χ4n) is 2.34. The van der Waals surface area contributed by atoms with E-state index in [0.717, 1.165) is 36.4 Å². The van der Waals surface area contributed by atoms with E-state index in [9.17, 15) is 0 Å². The van der Waals surface area contributed by atoms with Gasteiger partial charge in [-0.25, -0.2) is 0 Å². The van der Waals surface area contributed by atoms with Crippen molar-refractivity contribution in [2.45, 2.75) is 39.2 Å². The number of aryl methyl sites for hydroxylation is 2. The van der Waals surface area contributed by atoms with Gasteiger partial charge in [0.1, 0.15) is 0 Å². The van der Waals surface area contributed by atoms with Crippen molar-refractivity contribution >= 4 is 22.9 Å². The van der Waals surface area contributed by atoms with Crippen molar-refractivity contribution in [3.05, 3.63) is 56.7 Å². The second-order valence-electron chi connectivity index (χ2n) is 5.19. The lowest BCUT2D eigenvalue weighted by Gasteiger charge is -2.19. The van der Waals surface area contributed by atoms with Crippen LogP contribution in [-0.2, 0) is 6.42 Å². The van der Waals surface area contributed by atoms with E-state index in [0.29, 0.717) is 6.04 Å². The minimum atomic E-state index is 0.408. The summed E-state index contributed by atoms with van der Waals surface area (Å²) in [5.74, 6) is 0. The molecule has 0 fully saturated rings. The lowest BCUT2D eigenvalue weighted by Crippen LogP contribution is -2.22. The van der Waals surface area contributed by atoms with Gasteiger partial charge in [-0.3, -0.25) is 0 Å². The van der Waals surface area contributed by atoms with E-state index in [1.807, 2.05) is 6.07 Å². The quantitative estimate of drug-likeness (QED) is 0.723. The lowest BCUT2D eigenvalue weighted by atomic mass is 9.98. The molecule has 1 nitrogen and oxygen atoms in total. The minimum Gasteiger partial charge on any atom is -0.310 e. The first kappa shape index (κ1) is 15.6. The van der Waals surface area contributed by atoms with E-state index < -0.39 is 0 Å². The molecule has 0 bridgehead atoms. The molecule has 1 aromatic heterocycles. The molecule has 1 N–H and O–H groups in total. The van der Waals surface area contributed by atoms with Gasteiger partial charge in [-0.05, 0) is 72.3 Å². The molecule has 0 spiro atoms. The summed E-state index contributed by atoms with van der Waals surface area (Å²) in [7, 11) is 0. The van der Waals surface area contributed by atoms with Crippen LogP contribution < -0.4 is 5.32 Å². The number of hydrogen-bond donors (Lipinski definition) is 1. The molecule has 0 saturated carbocycles. The van der Waals surface area contributed by atoms with Gasteiger partial charge in [0, 0.05) is 11.1 Å². The lowest BCUT2D eigenvalue weighted by molar-refractivity contribution is 0.499. The summed E-state index contributed by atoms with van der Waals surface area (Å²) in [6.07, 6.45) is 3.39. The van der Waals surface area contributed by atoms with E-state index >= 15 is 0 Å². The molecular formula is C17H22ClNS. The van der Waals surface area contributed by atoms with Crippen LogP contribution in [0, 0.1) is 6.92 Å². The third kappa shape index (κ3) is 4.34. The van der Waals surface area contributed by atoms with Crippen molar-refractivity contribution < 1.29 is 0 Å². The average molecular weight is 308 g/mol. The van der Waals surface area contributed by atoms with E-state index in [2.05, 4.69) is 48.1 Å². The maximum atomic E-state index is 6.13. The molecule has 0 aliphatic heterocycles. The first-order chi connectivity index (χ1) is 9.70. The summed E-state index contributed by atoms with van der Waals surface area (Å²) in [6, 6.07) is 9.00. The van der Waals surface area contributed by atoms with Crippen LogP contribution in [0.25, 0.3) is 0 Å². The van der Waals surface area contributed by atoms with Crippen LogP contribution in [0.15, 0.2) is 35.0 Å². The molecule has 3 heteroatoms. The number of benzene rings is 1. The molecule has 0 amide bonds. The monoisotopic (exact) mass is 307 g/mol. The summed E-state index contributed by atoms with van der Waals surface area (Å²) >= 11 is 7.90. The molecule has 2 aromatic rings. The smallest absolute Gasteiger partial charge is 0.0435 e. The van der Waals surface area contributed by atoms with E-state index in [1.165, 1.54) is 11.1 Å². The van der Waals surface area contributed by atoms with Gasteiger partial charge >= 0.3 is 0 Å². The van der Waals surface area contributed by atoms with Gasteiger partial charge < -0.3 is 5.32 Å². The van der Waals surface area contributed by atoms with Gasteiger partial charge in [-0.2, -0.15) is 11.3 Å². The van der Waals surface area contributed by atoms with Gasteiger partial charge in [-0.1, -0.05) is 30.7 Å². The molecule has 0 aliphatic carbocycles. The summed E-state index contributed by atoms with van der Waals surface area (Å²) < 4.78 is 0. The zero-order valence-electron chi connectivity index (χ0n) is 12.2. The van der Waals surface area contributed by atoms with Crippen molar-refractivity contribution in [3.8, 4) is 0 Å². The molecule has 1 unspecified atom stereocenters. The Balaban J connectivity index is 2.07. The Morgan fingerprint density at radius 1 is 1.30 bits per heavy atom. The van der Waals surface area contributed by atoms with E-state index in [1.54, 1.807) is 11.3 Å². The summed E-state index contributed by atoms with van der Waals surface area (Å²) in [6.45, 7) is 5.33. The minimum absolute atomic E-state index is 0.408. The van der Waals surface area contributed by atoms with Crippen molar-refractivity contribution in [1.29, 1.82) is 0 Å². The van der Waals surface area contributed by atoms with E-state index in [-0.39, 0.29) is 0 Å². The molecule has 20 heavy (non-hydrogen) atoms. The Hall–Kier alpha value is -0.830. The van der Waals surface area contributed by atoms with Crippen LogP contribution in [0.1, 0.15) is 42.5 Å². The zero-order valence-corrected chi connectivity index (χ0v) is 13.7. The molecule has 1 heterocycles. The number of thiophene rings is 1. The number of hydrogen-bond acceptors (Lipinski definition) is 2. The third-order valence-electron chi connectivity index (χ3n) is 3.53. The third-order valence-corrected chi connectivity index (χ3v) is 4.68. The Labute approximate surface area is 131 Å². The van der Waals surface area contributed by atoms with Gasteiger partial charge in [0.2, 0.25) is 0 Å². The molecule has 2 rings (SSSR count). The first-order valence-corrected chi connectivity index (χ1v) is 8.53. The van der Waals surface area contributed by atoms with Crippen molar-refractivity contribution in [2.24, 2.45) is 0 Å². The average Bonchev–Trinajstić information content (AvgIpc) is 2.95. The summed E-state index contributed by atoms with van der Waals surface area (Å²) in [4.78, 5) is 0. The molecule has 0 radical (unpaired) electrons. The highest BCUT2D eigenvalue weighted by Gasteiger charge is 2.12. The molecule has 1 aromatic carbocycles. The van der Waals surface area contributed by atoms with Crippen molar-refractivity contribution in [3.63, 3.8) is 0 Å². The molecule has 1 atom stereocenters. The zero-order chi connectivity index (χ0) is 14.4. The maximum Gasteiger partial charge on any atom is 0.0435 e. The van der Waals surface area contributed by atoms with Crippen LogP contribution >= 0.6 is 22.9 Å². The molecule has 108 valence electrons. The highest BCUT2D eigenvalue weighted by molar-refractivity contribution is 7.07. The summed E-state index contributed by atoms with van der Waals surface area (Å²) in [5.41, 5.74) is 3.93. The van der Waals surface area contributed by atoms with Gasteiger partial charge in [0.05, 0.1) is 0 Å². The molecule has 0 aliphatic rings. The van der Waals surface area contributed by atoms with Crippen molar-refractivity contribution in [1.82, 2.24) is 5.32 Å². The summed E-state index contributed by atoms with van der Waals surface area (Å²) in [5, 5.41) is 8.89. The van der Waals surface area contributed by atoms with Crippen LogP contribution in [0.3, 0.4) is 0 Å². The van der Waals surface area contributed by atoms with Gasteiger partial charge in [0.15, 0.2) is 0 Å². The van der Waals surface area contributed by atoms with E-state index in [4.69, 9.17) is 11.6 Å². The predicted octanol–water partition coefficient (Wildman–Crippen LogP) is 5.38.